The number of rotatable bonds is 8. The van der Waals surface area contributed by atoms with Crippen LogP contribution in [0.1, 0.15) is 52.5 Å². The van der Waals surface area contributed by atoms with E-state index in [0.29, 0.717) is 6.07 Å². The predicted molar refractivity (Wildman–Crippen MR) is 133 cm³/mol. The molecule has 17 heteroatoms. The van der Waals surface area contributed by atoms with Crippen LogP contribution in [0.4, 0.5) is 36.4 Å². The van der Waals surface area contributed by atoms with E-state index in [1.807, 2.05) is 0 Å². The molecule has 2 heterocycles. The van der Waals surface area contributed by atoms with Crippen LogP contribution in [-0.4, -0.2) is 35.3 Å². The molecule has 3 N–H and O–H groups in total. The zero-order valence-electron chi connectivity index (χ0n) is 20.7. The van der Waals surface area contributed by atoms with Crippen LogP contribution in [0, 0.1) is 17.6 Å². The third-order valence-corrected chi connectivity index (χ3v) is 8.24. The molecule has 1 fully saturated rings. The minimum absolute atomic E-state index is 0.00581. The lowest BCUT2D eigenvalue weighted by Gasteiger charge is -2.28. The van der Waals surface area contributed by atoms with E-state index in [-0.39, 0.29) is 32.5 Å². The highest BCUT2D eigenvalue weighted by Gasteiger charge is 2.69. The monoisotopic (exact) mass is 669 g/mol. The molecule has 0 radical (unpaired) electrons. The van der Waals surface area contributed by atoms with Gasteiger partial charge in [0.15, 0.2) is 5.69 Å². The van der Waals surface area contributed by atoms with Gasteiger partial charge >= 0.3 is 6.18 Å². The van der Waals surface area contributed by atoms with Gasteiger partial charge in [-0.1, -0.05) is 0 Å². The van der Waals surface area contributed by atoms with Gasteiger partial charge in [0.25, 0.3) is 5.92 Å². The minimum Gasteiger partial charge on any atom is -0.368 e. The number of fused-ring (bicyclic) bond motifs is 3. The zero-order chi connectivity index (χ0) is 30.2. The minimum atomic E-state index is -5.13. The number of benzene rings is 1. The Bertz CT molecular complexity index is 1660. The number of halogens is 8. The van der Waals surface area contributed by atoms with Crippen LogP contribution in [0.15, 0.2) is 34.9 Å². The van der Waals surface area contributed by atoms with E-state index in [4.69, 9.17) is 5.73 Å². The number of hydrogen-bond donors (Lipinski definition) is 2. The first kappa shape index (κ1) is 29.3. The van der Waals surface area contributed by atoms with Crippen LogP contribution in [0.25, 0.3) is 0 Å². The molecule has 1 unspecified atom stereocenters. The second kappa shape index (κ2) is 9.68. The molecular weight excluding hydrogens is 651 g/mol. The summed E-state index contributed by atoms with van der Waals surface area (Å²) in [5.74, 6) is -11.2. The molecule has 0 spiro atoms. The van der Waals surface area contributed by atoms with E-state index in [9.17, 15) is 35.2 Å². The highest BCUT2D eigenvalue weighted by atomic mass is 79.9. The van der Waals surface area contributed by atoms with Gasteiger partial charge in [-0.15, -0.1) is 0 Å². The van der Waals surface area contributed by atoms with Crippen molar-refractivity contribution in [2.45, 2.75) is 42.8 Å². The van der Waals surface area contributed by atoms with E-state index in [2.05, 4.69) is 30.7 Å². The van der Waals surface area contributed by atoms with Crippen molar-refractivity contribution in [1.29, 1.82) is 0 Å². The molecule has 220 valence electrons. The van der Waals surface area contributed by atoms with Crippen molar-refractivity contribution < 1.29 is 43.9 Å². The number of pyridine rings is 1. The fourth-order valence-corrected chi connectivity index (χ4v) is 6.64. The first-order valence-electron chi connectivity index (χ1n) is 11.8. The normalized spacial score (nSPS) is 20.7. The lowest BCUT2D eigenvalue weighted by atomic mass is 9.87. The quantitative estimate of drug-likeness (QED) is 0.328. The van der Waals surface area contributed by atoms with Gasteiger partial charge in [-0.2, -0.15) is 27.1 Å². The molecule has 41 heavy (non-hydrogen) atoms. The molecule has 2 aromatic heterocycles. The molecule has 8 nitrogen and oxygen atoms in total. The first-order chi connectivity index (χ1) is 18.9. The highest BCUT2D eigenvalue weighted by Crippen LogP contribution is 2.69. The summed E-state index contributed by atoms with van der Waals surface area (Å²) in [4.78, 5) is 17.0. The average molecular weight is 670 g/mol. The molecule has 0 aliphatic heterocycles. The van der Waals surface area contributed by atoms with Crippen LogP contribution >= 0.6 is 15.9 Å². The summed E-state index contributed by atoms with van der Waals surface area (Å²) >= 11 is 3.17. The summed E-state index contributed by atoms with van der Waals surface area (Å²) in [7, 11) is -3.76. The lowest BCUT2D eigenvalue weighted by molar-refractivity contribution is -0.142. The molecule has 1 amide bonds. The number of aromatic nitrogens is 3. The number of carbonyl (C=O) groups is 1. The van der Waals surface area contributed by atoms with Crippen molar-refractivity contribution >= 4 is 37.5 Å². The summed E-state index contributed by atoms with van der Waals surface area (Å²) in [5, 5.41) is 3.44. The Kier molecular flexibility index (Phi) is 6.91. The van der Waals surface area contributed by atoms with E-state index < -0.39 is 86.8 Å². The van der Waals surface area contributed by atoms with Crippen molar-refractivity contribution in [2.75, 3.05) is 11.0 Å². The van der Waals surface area contributed by atoms with Gasteiger partial charge < -0.3 is 5.73 Å². The molecule has 1 aromatic carbocycles. The van der Waals surface area contributed by atoms with Crippen LogP contribution in [-0.2, 0) is 33.3 Å². The summed E-state index contributed by atoms with van der Waals surface area (Å²) in [6.07, 6.45) is -3.97. The number of anilines is 1. The van der Waals surface area contributed by atoms with E-state index in [1.165, 1.54) is 6.07 Å². The summed E-state index contributed by atoms with van der Waals surface area (Å²) in [6.45, 7) is 0. The Morgan fingerprint density at radius 1 is 1.22 bits per heavy atom. The Labute approximate surface area is 236 Å². The smallest absolute Gasteiger partial charge is 0.368 e. The van der Waals surface area contributed by atoms with Crippen molar-refractivity contribution in [3.63, 3.8) is 0 Å². The number of sulfonamides is 1. The first-order valence-corrected chi connectivity index (χ1v) is 14.5. The van der Waals surface area contributed by atoms with Crippen molar-refractivity contribution in [3.05, 3.63) is 74.8 Å². The van der Waals surface area contributed by atoms with Gasteiger partial charge in [-0.3, -0.25) is 14.5 Å². The van der Waals surface area contributed by atoms with Crippen LogP contribution in [0.2, 0.25) is 0 Å². The van der Waals surface area contributed by atoms with Gasteiger partial charge in [0.2, 0.25) is 15.9 Å². The summed E-state index contributed by atoms with van der Waals surface area (Å²) in [5.41, 5.74) is 1.93. The Hall–Kier alpha value is -3.21. The molecule has 0 bridgehead atoms. The van der Waals surface area contributed by atoms with Crippen LogP contribution in [0.5, 0.6) is 0 Å². The van der Waals surface area contributed by atoms with Crippen LogP contribution < -0.4 is 10.5 Å². The van der Waals surface area contributed by atoms with Gasteiger partial charge in [-0.25, -0.2) is 21.9 Å². The average Bonchev–Trinajstić information content (AvgIpc) is 3.44. The molecule has 5 rings (SSSR count). The molecule has 1 saturated carbocycles. The maximum absolute atomic E-state index is 15.4. The van der Waals surface area contributed by atoms with Crippen molar-refractivity contribution in [1.82, 2.24) is 14.8 Å². The standard InChI is InChI=1S/C24H19BrF7N5O3S/c1-41(39,40)36-12-6-16(25)18(34-8-12)14(4-9-2-10(26)5-11(27)3-9)19(22(33)38)37-21-17(20(35-37)24(30,31)32)13-7-15(13)23(21,28)29/h2-3,5-6,8,13-15,19,36H,4,7H2,1H3,(H2,33,38)/t13-,14+,15+,19?/m0/s1. The maximum atomic E-state index is 15.4. The number of hydrogen-bond acceptors (Lipinski definition) is 5. The predicted octanol–water partition coefficient (Wildman–Crippen LogP) is 4.97. The molecule has 3 aromatic rings. The molecular formula is C24H19BrF7N5O3S. The summed E-state index contributed by atoms with van der Waals surface area (Å²) < 4.78 is 126. The molecule has 2 aliphatic rings. The number of nitrogens with one attached hydrogen (secondary N) is 1. The van der Waals surface area contributed by atoms with Crippen molar-refractivity contribution in [3.8, 4) is 0 Å². The Morgan fingerprint density at radius 2 is 1.85 bits per heavy atom. The highest BCUT2D eigenvalue weighted by molar-refractivity contribution is 9.10. The largest absolute Gasteiger partial charge is 0.435 e. The number of nitrogens with two attached hydrogens (primary N) is 1. The number of amides is 1. The Morgan fingerprint density at radius 3 is 2.39 bits per heavy atom. The third-order valence-electron chi connectivity index (χ3n) is 7.00. The molecule has 4 atom stereocenters. The third kappa shape index (κ3) is 5.40. The number of nitrogens with zero attached hydrogens (tertiary/aromatic N) is 3. The molecule has 0 saturated heterocycles. The fourth-order valence-electron chi connectivity index (χ4n) is 5.45. The SMILES string of the molecule is CS(=O)(=O)Nc1cnc([C@@H](Cc2cc(F)cc(F)c2)C(C(N)=O)n2nc(C(F)(F)F)c3c2C(F)(F)[C@@H]2C[C@H]32)c(Br)c1. The van der Waals surface area contributed by atoms with E-state index in [0.717, 1.165) is 24.6 Å². The van der Waals surface area contributed by atoms with Gasteiger partial charge in [0.05, 0.1) is 23.8 Å². The zero-order valence-corrected chi connectivity index (χ0v) is 23.1. The number of alkyl halides is 5. The molecule has 2 aliphatic carbocycles. The lowest BCUT2D eigenvalue weighted by Crippen LogP contribution is -2.37. The van der Waals surface area contributed by atoms with Gasteiger partial charge in [0, 0.05) is 27.9 Å². The second-order valence-electron chi connectivity index (χ2n) is 10.0. The summed E-state index contributed by atoms with van der Waals surface area (Å²) in [6, 6.07) is 1.51. The van der Waals surface area contributed by atoms with Gasteiger partial charge in [0.1, 0.15) is 23.4 Å². The van der Waals surface area contributed by atoms with E-state index >= 15 is 8.78 Å². The fraction of sp³-hybridized carbons (Fsp3) is 0.375. The van der Waals surface area contributed by atoms with Crippen LogP contribution in [0.3, 0.4) is 0 Å². The number of carbonyl (C=O) groups excluding carboxylic acids is 1. The van der Waals surface area contributed by atoms with Gasteiger partial charge in [-0.05, 0) is 58.5 Å². The Balaban J connectivity index is 1.72. The van der Waals surface area contributed by atoms with E-state index in [1.54, 1.807) is 0 Å². The topological polar surface area (TPSA) is 120 Å². The maximum Gasteiger partial charge on any atom is 0.435 e. The van der Waals surface area contributed by atoms with Crippen molar-refractivity contribution in [2.24, 2.45) is 11.7 Å². The number of primary amides is 1. The second-order valence-corrected chi connectivity index (χ2v) is 12.6.